The number of hydrogen-bond donors (Lipinski definition) is 1. The molecule has 1 saturated carbocycles. The lowest BCUT2D eigenvalue weighted by atomic mass is 9.61. The van der Waals surface area contributed by atoms with Crippen LogP contribution < -0.4 is 5.32 Å². The highest BCUT2D eigenvalue weighted by molar-refractivity contribution is 6.54. The molecular weight excluding hydrogens is 309 g/mol. The summed E-state index contributed by atoms with van der Waals surface area (Å²) in [7, 11) is -0.268. The van der Waals surface area contributed by atoms with Gasteiger partial charge in [-0.15, -0.1) is 6.58 Å². The van der Waals surface area contributed by atoms with Crippen molar-refractivity contribution in [1.82, 2.24) is 5.32 Å². The standard InChI is InChI=1S/C21H38BNO2/c1-15-12-13-23-18(14-15)19(17-10-8-7-9-11-17)16(2)22-24-20(3,4)21(5,6)25-22/h15,17-19,23H,2,7-14H2,1,3-6H3/t15-,18-,19-/m0/s1. The highest BCUT2D eigenvalue weighted by Gasteiger charge is 2.54. The summed E-state index contributed by atoms with van der Waals surface area (Å²) in [5, 5.41) is 3.82. The second kappa shape index (κ2) is 7.36. The van der Waals surface area contributed by atoms with Crippen LogP contribution in [-0.4, -0.2) is 30.9 Å². The van der Waals surface area contributed by atoms with E-state index < -0.39 is 0 Å². The van der Waals surface area contributed by atoms with Gasteiger partial charge in [0.05, 0.1) is 11.2 Å². The van der Waals surface area contributed by atoms with E-state index in [1.54, 1.807) is 0 Å². The Morgan fingerprint density at radius 3 is 2.20 bits per heavy atom. The van der Waals surface area contributed by atoms with E-state index in [4.69, 9.17) is 9.31 Å². The van der Waals surface area contributed by atoms with Gasteiger partial charge in [0.2, 0.25) is 0 Å². The minimum atomic E-state index is -0.287. The lowest BCUT2D eigenvalue weighted by Gasteiger charge is -2.41. The second-order valence-corrected chi connectivity index (χ2v) is 9.78. The van der Waals surface area contributed by atoms with Crippen molar-refractivity contribution in [3.8, 4) is 0 Å². The summed E-state index contributed by atoms with van der Waals surface area (Å²) in [4.78, 5) is 0. The van der Waals surface area contributed by atoms with Crippen molar-refractivity contribution in [3.63, 3.8) is 0 Å². The highest BCUT2D eigenvalue weighted by atomic mass is 16.7. The highest BCUT2D eigenvalue weighted by Crippen LogP contribution is 2.44. The first kappa shape index (κ1) is 19.4. The topological polar surface area (TPSA) is 30.5 Å². The van der Waals surface area contributed by atoms with E-state index in [0.717, 1.165) is 18.4 Å². The molecule has 0 aromatic rings. The van der Waals surface area contributed by atoms with Crippen LogP contribution in [0.2, 0.25) is 0 Å². The van der Waals surface area contributed by atoms with E-state index in [9.17, 15) is 0 Å². The van der Waals surface area contributed by atoms with Crippen LogP contribution >= 0.6 is 0 Å². The van der Waals surface area contributed by atoms with E-state index in [2.05, 4.69) is 46.5 Å². The van der Waals surface area contributed by atoms with Crippen molar-refractivity contribution in [2.24, 2.45) is 17.8 Å². The molecule has 3 rings (SSSR count). The van der Waals surface area contributed by atoms with Gasteiger partial charge in [-0.1, -0.05) is 26.2 Å². The first-order valence-electron chi connectivity index (χ1n) is 10.5. The van der Waals surface area contributed by atoms with Gasteiger partial charge in [-0.05, 0) is 83.1 Å². The van der Waals surface area contributed by atoms with Gasteiger partial charge in [0.25, 0.3) is 0 Å². The van der Waals surface area contributed by atoms with E-state index in [1.807, 2.05) is 0 Å². The van der Waals surface area contributed by atoms with Crippen LogP contribution in [0.1, 0.15) is 79.6 Å². The van der Waals surface area contributed by atoms with Crippen molar-refractivity contribution in [3.05, 3.63) is 12.1 Å². The number of rotatable bonds is 4. The lowest BCUT2D eigenvalue weighted by molar-refractivity contribution is 0.00578. The van der Waals surface area contributed by atoms with Gasteiger partial charge < -0.3 is 14.6 Å². The van der Waals surface area contributed by atoms with Gasteiger partial charge in [0.15, 0.2) is 0 Å². The summed E-state index contributed by atoms with van der Waals surface area (Å²) in [6.07, 6.45) is 9.31. The fraction of sp³-hybridized carbons (Fsp3) is 0.905. The van der Waals surface area contributed by atoms with Crippen LogP contribution in [0.25, 0.3) is 0 Å². The molecule has 0 amide bonds. The van der Waals surface area contributed by atoms with E-state index in [1.165, 1.54) is 50.4 Å². The molecule has 0 bridgehead atoms. The smallest absolute Gasteiger partial charge is 0.400 e. The quantitative estimate of drug-likeness (QED) is 0.744. The van der Waals surface area contributed by atoms with Crippen LogP contribution in [0.15, 0.2) is 12.1 Å². The third-order valence-corrected chi connectivity index (χ3v) is 7.28. The lowest BCUT2D eigenvalue weighted by Crippen LogP contribution is -2.48. The van der Waals surface area contributed by atoms with Gasteiger partial charge in [0, 0.05) is 6.04 Å². The third-order valence-electron chi connectivity index (χ3n) is 7.28. The fourth-order valence-corrected chi connectivity index (χ4v) is 4.96. The zero-order valence-corrected chi connectivity index (χ0v) is 17.1. The molecule has 2 heterocycles. The largest absolute Gasteiger partial charge is 0.490 e. The summed E-state index contributed by atoms with van der Waals surface area (Å²) >= 11 is 0. The molecule has 3 aliphatic rings. The Morgan fingerprint density at radius 2 is 1.64 bits per heavy atom. The third kappa shape index (κ3) is 4.01. The molecule has 1 N–H and O–H groups in total. The summed E-state index contributed by atoms with van der Waals surface area (Å²) in [6.45, 7) is 16.6. The Labute approximate surface area is 155 Å². The zero-order chi connectivity index (χ0) is 18.2. The fourth-order valence-electron chi connectivity index (χ4n) is 4.96. The zero-order valence-electron chi connectivity index (χ0n) is 17.1. The van der Waals surface area contributed by atoms with Crippen LogP contribution in [-0.2, 0) is 9.31 Å². The molecule has 3 atom stereocenters. The molecule has 3 nitrogen and oxygen atoms in total. The van der Waals surface area contributed by atoms with Crippen molar-refractivity contribution >= 4 is 7.12 Å². The number of nitrogens with one attached hydrogen (secondary N) is 1. The maximum Gasteiger partial charge on any atom is 0.490 e. The molecule has 0 radical (unpaired) electrons. The SMILES string of the molecule is C=C(B1OC(C)(C)C(C)(C)O1)[C@@H](C1CCCCC1)[C@@H]1C[C@@H](C)CCN1. The van der Waals surface area contributed by atoms with E-state index in [0.29, 0.717) is 12.0 Å². The van der Waals surface area contributed by atoms with Crippen molar-refractivity contribution < 1.29 is 9.31 Å². The molecule has 0 unspecified atom stereocenters. The number of piperidine rings is 1. The van der Waals surface area contributed by atoms with Crippen LogP contribution in [0.3, 0.4) is 0 Å². The molecule has 142 valence electrons. The number of hydrogen-bond acceptors (Lipinski definition) is 3. The van der Waals surface area contributed by atoms with Crippen LogP contribution in [0.5, 0.6) is 0 Å². The average Bonchev–Trinajstić information content (AvgIpc) is 2.77. The molecule has 0 aromatic heterocycles. The average molecular weight is 347 g/mol. The van der Waals surface area contributed by atoms with Gasteiger partial charge in [-0.2, -0.15) is 0 Å². The molecule has 2 saturated heterocycles. The maximum absolute atomic E-state index is 6.37. The van der Waals surface area contributed by atoms with Gasteiger partial charge in [-0.3, -0.25) is 0 Å². The second-order valence-electron chi connectivity index (χ2n) is 9.78. The van der Waals surface area contributed by atoms with Gasteiger partial charge in [0.1, 0.15) is 0 Å². The molecule has 2 aliphatic heterocycles. The molecule has 0 spiro atoms. The normalized spacial score (nSPS) is 34.0. The van der Waals surface area contributed by atoms with Gasteiger partial charge >= 0.3 is 7.12 Å². The van der Waals surface area contributed by atoms with E-state index in [-0.39, 0.29) is 18.3 Å². The Bertz CT molecular complexity index is 468. The molecule has 0 aromatic carbocycles. The monoisotopic (exact) mass is 347 g/mol. The molecule has 1 aliphatic carbocycles. The molecule has 4 heteroatoms. The molecule has 25 heavy (non-hydrogen) atoms. The Balaban J connectivity index is 1.80. The van der Waals surface area contributed by atoms with Gasteiger partial charge in [-0.25, -0.2) is 0 Å². The first-order chi connectivity index (χ1) is 11.7. The Hall–Kier alpha value is -0.315. The summed E-state index contributed by atoms with van der Waals surface area (Å²) < 4.78 is 12.7. The molecule has 3 fully saturated rings. The first-order valence-corrected chi connectivity index (χ1v) is 10.5. The van der Waals surface area contributed by atoms with Crippen molar-refractivity contribution in [2.75, 3.05) is 6.54 Å². The van der Waals surface area contributed by atoms with Crippen LogP contribution in [0, 0.1) is 17.8 Å². The van der Waals surface area contributed by atoms with E-state index >= 15 is 0 Å². The predicted octanol–water partition coefficient (Wildman–Crippen LogP) is 4.76. The Morgan fingerprint density at radius 1 is 1.04 bits per heavy atom. The van der Waals surface area contributed by atoms with Crippen LogP contribution in [0.4, 0.5) is 0 Å². The minimum Gasteiger partial charge on any atom is -0.400 e. The summed E-state index contributed by atoms with van der Waals surface area (Å²) in [6, 6.07) is 0.526. The molecular formula is C21H38BNO2. The predicted molar refractivity (Wildman–Crippen MR) is 105 cm³/mol. The summed E-state index contributed by atoms with van der Waals surface area (Å²) in [5.74, 6) is 1.99. The Kier molecular flexibility index (Phi) is 5.73. The maximum atomic E-state index is 6.37. The van der Waals surface area contributed by atoms with Crippen molar-refractivity contribution in [2.45, 2.75) is 96.8 Å². The van der Waals surface area contributed by atoms with Crippen molar-refractivity contribution in [1.29, 1.82) is 0 Å². The minimum absolute atomic E-state index is 0.268. The summed E-state index contributed by atoms with van der Waals surface area (Å²) in [5.41, 5.74) is 0.605.